The van der Waals surface area contributed by atoms with Crippen LogP contribution < -0.4 is 5.32 Å². The summed E-state index contributed by atoms with van der Waals surface area (Å²) in [6.07, 6.45) is 17.0. The zero-order valence-corrected chi connectivity index (χ0v) is 14.6. The minimum Gasteiger partial charge on any atom is -0.350 e. The average Bonchev–Trinajstić information content (AvgIpc) is 2.55. The Hall–Kier alpha value is -1.64. The van der Waals surface area contributed by atoms with Crippen LogP contribution in [0.2, 0.25) is 0 Å². The van der Waals surface area contributed by atoms with Gasteiger partial charge in [0.05, 0.1) is 0 Å². The highest BCUT2D eigenvalue weighted by molar-refractivity contribution is 5.91. The van der Waals surface area contributed by atoms with Gasteiger partial charge >= 0.3 is 0 Å². The molecule has 1 N–H and O–H groups in total. The van der Waals surface area contributed by atoms with Crippen LogP contribution in [0.15, 0.2) is 30.3 Å². The fraction of sp³-hybridized carbons (Fsp3) is 0.571. The minimum absolute atomic E-state index is 0.0728. The van der Waals surface area contributed by atoms with E-state index in [2.05, 4.69) is 5.32 Å². The predicted molar refractivity (Wildman–Crippen MR) is 98.2 cm³/mol. The Labute approximate surface area is 145 Å². The standard InChI is InChI=1S/C21H30FNO/c22-19-12-10-11-18(17-19)15-16-21(24)23-20-13-8-6-4-2-1-3-5-7-9-14-20/h10-12,15-17,20H,1-9,13-14H2,(H,23,24)/b16-15+. The van der Waals surface area contributed by atoms with Crippen molar-refractivity contribution in [3.63, 3.8) is 0 Å². The molecule has 0 spiro atoms. The van der Waals surface area contributed by atoms with Crippen LogP contribution in [0.4, 0.5) is 4.39 Å². The molecule has 2 nitrogen and oxygen atoms in total. The summed E-state index contributed by atoms with van der Waals surface area (Å²) < 4.78 is 13.1. The Morgan fingerprint density at radius 2 is 1.54 bits per heavy atom. The van der Waals surface area contributed by atoms with Crippen molar-refractivity contribution >= 4 is 12.0 Å². The van der Waals surface area contributed by atoms with Crippen LogP contribution in [0.3, 0.4) is 0 Å². The van der Waals surface area contributed by atoms with Crippen molar-refractivity contribution in [3.8, 4) is 0 Å². The second kappa shape index (κ2) is 11.0. The molecule has 24 heavy (non-hydrogen) atoms. The van der Waals surface area contributed by atoms with Crippen molar-refractivity contribution in [2.24, 2.45) is 0 Å². The highest BCUT2D eigenvalue weighted by Crippen LogP contribution is 2.17. The lowest BCUT2D eigenvalue weighted by Gasteiger charge is -2.18. The highest BCUT2D eigenvalue weighted by Gasteiger charge is 2.11. The van der Waals surface area contributed by atoms with Crippen LogP contribution >= 0.6 is 0 Å². The molecular weight excluding hydrogens is 301 g/mol. The van der Waals surface area contributed by atoms with Crippen LogP contribution in [0.1, 0.15) is 76.2 Å². The molecule has 3 heteroatoms. The normalized spacial score (nSPS) is 18.7. The lowest BCUT2D eigenvalue weighted by Crippen LogP contribution is -2.33. The molecule has 0 aromatic heterocycles. The van der Waals surface area contributed by atoms with E-state index in [-0.39, 0.29) is 17.8 Å². The molecule has 0 heterocycles. The molecule has 0 aliphatic heterocycles. The quantitative estimate of drug-likeness (QED) is 0.715. The Balaban J connectivity index is 1.82. The second-order valence-corrected chi connectivity index (χ2v) is 6.85. The van der Waals surface area contributed by atoms with Crippen LogP contribution in [-0.4, -0.2) is 11.9 Å². The lowest BCUT2D eigenvalue weighted by atomic mass is 9.98. The molecule has 1 aromatic carbocycles. The third-order valence-corrected chi connectivity index (χ3v) is 4.73. The maximum absolute atomic E-state index is 13.1. The van der Waals surface area contributed by atoms with E-state index in [0.717, 1.165) is 12.8 Å². The van der Waals surface area contributed by atoms with Gasteiger partial charge < -0.3 is 5.32 Å². The van der Waals surface area contributed by atoms with Crippen LogP contribution in [0.5, 0.6) is 0 Å². The summed E-state index contributed by atoms with van der Waals surface area (Å²) in [5.74, 6) is -0.353. The number of hydrogen-bond donors (Lipinski definition) is 1. The molecule has 1 saturated carbocycles. The molecule has 2 rings (SSSR count). The largest absolute Gasteiger partial charge is 0.350 e. The van der Waals surface area contributed by atoms with E-state index in [0.29, 0.717) is 5.56 Å². The molecule has 0 unspecified atom stereocenters. The molecule has 0 atom stereocenters. The summed E-state index contributed by atoms with van der Waals surface area (Å²) >= 11 is 0. The van der Waals surface area contributed by atoms with Gasteiger partial charge in [-0.15, -0.1) is 0 Å². The molecule has 1 amide bonds. The Kier molecular flexibility index (Phi) is 8.58. The summed E-state index contributed by atoms with van der Waals surface area (Å²) in [5.41, 5.74) is 0.712. The Morgan fingerprint density at radius 3 is 2.12 bits per heavy atom. The minimum atomic E-state index is -0.281. The highest BCUT2D eigenvalue weighted by atomic mass is 19.1. The van der Waals surface area contributed by atoms with Crippen LogP contribution in [0, 0.1) is 5.82 Å². The Morgan fingerprint density at radius 1 is 0.958 bits per heavy atom. The van der Waals surface area contributed by atoms with E-state index < -0.39 is 0 Å². The van der Waals surface area contributed by atoms with Gasteiger partial charge in [-0.3, -0.25) is 4.79 Å². The van der Waals surface area contributed by atoms with Gasteiger partial charge in [-0.05, 0) is 36.6 Å². The predicted octanol–water partition coefficient (Wildman–Crippen LogP) is 5.63. The summed E-state index contributed by atoms with van der Waals surface area (Å²) in [6.45, 7) is 0. The van der Waals surface area contributed by atoms with Gasteiger partial charge in [-0.2, -0.15) is 0 Å². The number of carbonyl (C=O) groups is 1. The number of amides is 1. The zero-order valence-electron chi connectivity index (χ0n) is 14.6. The molecule has 0 saturated heterocycles. The van der Waals surface area contributed by atoms with E-state index in [9.17, 15) is 9.18 Å². The van der Waals surface area contributed by atoms with Crippen molar-refractivity contribution in [2.75, 3.05) is 0 Å². The Bertz CT molecular complexity index is 514. The first-order valence-corrected chi connectivity index (χ1v) is 9.48. The van der Waals surface area contributed by atoms with Crippen molar-refractivity contribution in [1.82, 2.24) is 5.32 Å². The molecule has 1 aliphatic rings. The van der Waals surface area contributed by atoms with Crippen molar-refractivity contribution in [1.29, 1.82) is 0 Å². The van der Waals surface area contributed by atoms with Gasteiger partial charge in [-0.25, -0.2) is 4.39 Å². The summed E-state index contributed by atoms with van der Waals surface area (Å²) in [4.78, 5) is 12.2. The zero-order chi connectivity index (χ0) is 17.0. The van der Waals surface area contributed by atoms with Crippen molar-refractivity contribution in [3.05, 3.63) is 41.7 Å². The molecule has 1 aromatic rings. The number of hydrogen-bond acceptors (Lipinski definition) is 1. The van der Waals surface area contributed by atoms with E-state index in [1.807, 2.05) is 0 Å². The third-order valence-electron chi connectivity index (χ3n) is 4.73. The topological polar surface area (TPSA) is 29.1 Å². The molecule has 1 aliphatic carbocycles. The molecule has 132 valence electrons. The van der Waals surface area contributed by atoms with E-state index in [4.69, 9.17) is 0 Å². The summed E-state index contributed by atoms with van der Waals surface area (Å²) in [5, 5.41) is 3.14. The molecule has 0 bridgehead atoms. The number of rotatable bonds is 3. The molecule has 1 fully saturated rings. The summed E-state index contributed by atoms with van der Waals surface area (Å²) in [7, 11) is 0. The third kappa shape index (κ3) is 7.76. The molecule has 0 radical (unpaired) electrons. The van der Waals surface area contributed by atoms with Gasteiger partial charge in [0.2, 0.25) is 5.91 Å². The van der Waals surface area contributed by atoms with Gasteiger partial charge in [0, 0.05) is 12.1 Å². The second-order valence-electron chi connectivity index (χ2n) is 6.85. The van der Waals surface area contributed by atoms with E-state index >= 15 is 0 Å². The number of nitrogens with one attached hydrogen (secondary N) is 1. The first-order valence-electron chi connectivity index (χ1n) is 9.48. The van der Waals surface area contributed by atoms with Gasteiger partial charge in [0.1, 0.15) is 5.82 Å². The SMILES string of the molecule is O=C(/C=C/c1cccc(F)c1)NC1CCCCCCCCCCC1. The van der Waals surface area contributed by atoms with Gasteiger partial charge in [-0.1, -0.05) is 69.9 Å². The number of benzene rings is 1. The summed E-state index contributed by atoms with van der Waals surface area (Å²) in [6, 6.07) is 6.55. The molecular formula is C21H30FNO. The van der Waals surface area contributed by atoms with Crippen molar-refractivity contribution in [2.45, 2.75) is 76.7 Å². The van der Waals surface area contributed by atoms with Crippen LogP contribution in [0.25, 0.3) is 6.08 Å². The number of halogens is 1. The fourth-order valence-corrected chi connectivity index (χ4v) is 3.34. The average molecular weight is 331 g/mol. The van der Waals surface area contributed by atoms with Crippen molar-refractivity contribution < 1.29 is 9.18 Å². The smallest absolute Gasteiger partial charge is 0.244 e. The van der Waals surface area contributed by atoms with E-state index in [1.165, 1.54) is 76.0 Å². The maximum atomic E-state index is 13.1. The van der Waals surface area contributed by atoms with Gasteiger partial charge in [0.25, 0.3) is 0 Å². The number of carbonyl (C=O) groups excluding carboxylic acids is 1. The monoisotopic (exact) mass is 331 g/mol. The maximum Gasteiger partial charge on any atom is 0.244 e. The van der Waals surface area contributed by atoms with Crippen LogP contribution in [-0.2, 0) is 4.79 Å². The first-order chi connectivity index (χ1) is 11.7. The van der Waals surface area contributed by atoms with E-state index in [1.54, 1.807) is 18.2 Å². The lowest BCUT2D eigenvalue weighted by molar-refractivity contribution is -0.117. The first kappa shape index (κ1) is 18.7. The van der Waals surface area contributed by atoms with Gasteiger partial charge in [0.15, 0.2) is 0 Å². The fourth-order valence-electron chi connectivity index (χ4n) is 3.34.